The van der Waals surface area contributed by atoms with Gasteiger partial charge in [-0.15, -0.1) is 0 Å². The van der Waals surface area contributed by atoms with Crippen LogP contribution in [0.3, 0.4) is 0 Å². The van der Waals surface area contributed by atoms with Crippen molar-refractivity contribution in [2.24, 2.45) is 0 Å². The summed E-state index contributed by atoms with van der Waals surface area (Å²) in [6, 6.07) is 6.13. The number of aromatic nitrogens is 2. The summed E-state index contributed by atoms with van der Waals surface area (Å²) in [6.07, 6.45) is 0.980. The summed E-state index contributed by atoms with van der Waals surface area (Å²) in [5.41, 5.74) is 4.02. The van der Waals surface area contributed by atoms with Crippen LogP contribution in [-0.2, 0) is 6.42 Å². The number of halogens is 1. The minimum atomic E-state index is 0.404. The van der Waals surface area contributed by atoms with Gasteiger partial charge >= 0.3 is 0 Å². The molecule has 1 N–H and O–H groups in total. The number of aryl methyl sites for hydroxylation is 2. The maximum absolute atomic E-state index is 5.88. The van der Waals surface area contributed by atoms with E-state index < -0.39 is 0 Å². The summed E-state index contributed by atoms with van der Waals surface area (Å²) >= 11 is 5.88. The Morgan fingerprint density at radius 1 is 1.41 bits per heavy atom. The molecule has 1 aromatic heterocycles. The standard InChI is InChI=1S/C13H15ClN2O/c1-4-9-5-6-11(17-3)10(7-9)12-8(2)15-13(14)16-12/h5-7H,4H2,1-3H3,(H,15,16). The minimum Gasteiger partial charge on any atom is -0.496 e. The molecule has 17 heavy (non-hydrogen) atoms. The summed E-state index contributed by atoms with van der Waals surface area (Å²) in [5, 5.41) is 0.404. The van der Waals surface area contributed by atoms with Crippen LogP contribution in [0.1, 0.15) is 18.2 Å². The first kappa shape index (κ1) is 12.0. The number of methoxy groups -OCH3 is 1. The molecule has 0 radical (unpaired) electrons. The molecule has 1 aromatic carbocycles. The number of rotatable bonds is 3. The number of hydrogen-bond donors (Lipinski definition) is 1. The molecule has 2 aromatic rings. The zero-order valence-corrected chi connectivity index (χ0v) is 10.9. The molecule has 0 atom stereocenters. The maximum Gasteiger partial charge on any atom is 0.200 e. The molecule has 0 aliphatic heterocycles. The van der Waals surface area contributed by atoms with E-state index in [4.69, 9.17) is 16.3 Å². The van der Waals surface area contributed by atoms with Gasteiger partial charge in [0.05, 0.1) is 12.8 Å². The second kappa shape index (κ2) is 4.80. The van der Waals surface area contributed by atoms with Gasteiger partial charge in [0.2, 0.25) is 5.28 Å². The fourth-order valence-corrected chi connectivity index (χ4v) is 2.07. The van der Waals surface area contributed by atoms with Crippen LogP contribution < -0.4 is 4.74 Å². The van der Waals surface area contributed by atoms with Crippen LogP contribution in [0, 0.1) is 6.92 Å². The third-order valence-electron chi connectivity index (χ3n) is 2.78. The topological polar surface area (TPSA) is 37.9 Å². The van der Waals surface area contributed by atoms with Crippen LogP contribution in [0.5, 0.6) is 5.75 Å². The van der Waals surface area contributed by atoms with Gasteiger partial charge in [0.1, 0.15) is 5.75 Å². The fraction of sp³-hybridized carbons (Fsp3) is 0.308. The van der Waals surface area contributed by atoms with E-state index in [1.165, 1.54) is 5.56 Å². The van der Waals surface area contributed by atoms with Crippen LogP contribution in [0.15, 0.2) is 18.2 Å². The van der Waals surface area contributed by atoms with Gasteiger partial charge in [-0.1, -0.05) is 13.0 Å². The second-order valence-electron chi connectivity index (χ2n) is 3.89. The lowest BCUT2D eigenvalue weighted by atomic mass is 10.0. The Hall–Kier alpha value is -1.48. The zero-order valence-electron chi connectivity index (χ0n) is 10.2. The lowest BCUT2D eigenvalue weighted by Gasteiger charge is -2.09. The van der Waals surface area contributed by atoms with E-state index in [-0.39, 0.29) is 0 Å². The van der Waals surface area contributed by atoms with Crippen molar-refractivity contribution >= 4 is 11.6 Å². The highest BCUT2D eigenvalue weighted by Crippen LogP contribution is 2.32. The first-order chi connectivity index (χ1) is 8.15. The Kier molecular flexibility index (Phi) is 3.38. The summed E-state index contributed by atoms with van der Waals surface area (Å²) < 4.78 is 5.37. The molecule has 0 saturated carbocycles. The Labute approximate surface area is 106 Å². The van der Waals surface area contributed by atoms with Crippen LogP contribution in [-0.4, -0.2) is 17.1 Å². The fourth-order valence-electron chi connectivity index (χ4n) is 1.85. The molecule has 0 saturated heterocycles. The van der Waals surface area contributed by atoms with Crippen molar-refractivity contribution in [3.8, 4) is 17.0 Å². The lowest BCUT2D eigenvalue weighted by Crippen LogP contribution is -1.92. The van der Waals surface area contributed by atoms with Gasteiger partial charge in [-0.25, -0.2) is 4.98 Å². The van der Waals surface area contributed by atoms with E-state index in [0.29, 0.717) is 5.28 Å². The molecular formula is C13H15ClN2O. The Morgan fingerprint density at radius 2 is 2.18 bits per heavy atom. The van der Waals surface area contributed by atoms with E-state index in [1.54, 1.807) is 7.11 Å². The lowest BCUT2D eigenvalue weighted by molar-refractivity contribution is 0.416. The SMILES string of the molecule is CCc1ccc(OC)c(-c2nc(Cl)[nH]c2C)c1. The van der Waals surface area contributed by atoms with Crippen molar-refractivity contribution in [2.45, 2.75) is 20.3 Å². The molecule has 3 nitrogen and oxygen atoms in total. The summed E-state index contributed by atoms with van der Waals surface area (Å²) in [7, 11) is 1.66. The third kappa shape index (κ3) is 2.29. The predicted octanol–water partition coefficient (Wildman–Crippen LogP) is 3.61. The normalized spacial score (nSPS) is 10.6. The zero-order chi connectivity index (χ0) is 12.4. The first-order valence-corrected chi connectivity index (χ1v) is 5.93. The van der Waals surface area contributed by atoms with Crippen LogP contribution in [0.2, 0.25) is 5.28 Å². The molecule has 0 aliphatic rings. The van der Waals surface area contributed by atoms with Gasteiger partial charge in [0.15, 0.2) is 0 Å². The van der Waals surface area contributed by atoms with Crippen molar-refractivity contribution in [1.29, 1.82) is 0 Å². The average Bonchev–Trinajstić information content (AvgIpc) is 2.67. The number of hydrogen-bond acceptors (Lipinski definition) is 2. The number of nitrogens with one attached hydrogen (secondary N) is 1. The number of benzene rings is 1. The molecule has 0 unspecified atom stereocenters. The quantitative estimate of drug-likeness (QED) is 0.904. The molecule has 90 valence electrons. The average molecular weight is 251 g/mol. The minimum absolute atomic E-state index is 0.404. The van der Waals surface area contributed by atoms with E-state index >= 15 is 0 Å². The van der Waals surface area contributed by atoms with Gasteiger partial charge < -0.3 is 9.72 Å². The third-order valence-corrected chi connectivity index (χ3v) is 2.96. The van der Waals surface area contributed by atoms with Gasteiger partial charge in [-0.2, -0.15) is 0 Å². The summed E-state index contributed by atoms with van der Waals surface area (Å²) in [4.78, 5) is 7.29. The van der Waals surface area contributed by atoms with Crippen molar-refractivity contribution in [3.63, 3.8) is 0 Å². The molecule has 0 aliphatic carbocycles. The summed E-state index contributed by atoms with van der Waals surface area (Å²) in [5.74, 6) is 0.813. The molecule has 4 heteroatoms. The van der Waals surface area contributed by atoms with Gasteiger partial charge in [0.25, 0.3) is 0 Å². The number of aromatic amines is 1. The number of imidazole rings is 1. The number of nitrogens with zero attached hydrogens (tertiary/aromatic N) is 1. The van der Waals surface area contributed by atoms with Gasteiger partial charge in [0, 0.05) is 11.3 Å². The van der Waals surface area contributed by atoms with Gasteiger partial charge in [-0.3, -0.25) is 0 Å². The smallest absolute Gasteiger partial charge is 0.200 e. The Morgan fingerprint density at radius 3 is 2.71 bits per heavy atom. The molecule has 0 spiro atoms. The maximum atomic E-state index is 5.88. The molecule has 0 amide bonds. The van der Waals surface area contributed by atoms with E-state index in [2.05, 4.69) is 29.0 Å². The van der Waals surface area contributed by atoms with Crippen molar-refractivity contribution in [3.05, 3.63) is 34.7 Å². The Bertz CT molecular complexity index is 534. The highest BCUT2D eigenvalue weighted by atomic mass is 35.5. The van der Waals surface area contributed by atoms with E-state index in [1.807, 2.05) is 13.0 Å². The molecule has 2 rings (SSSR count). The van der Waals surface area contributed by atoms with Crippen molar-refractivity contribution in [1.82, 2.24) is 9.97 Å². The molecule has 0 bridgehead atoms. The summed E-state index contributed by atoms with van der Waals surface area (Å²) in [6.45, 7) is 4.07. The van der Waals surface area contributed by atoms with E-state index in [0.717, 1.165) is 29.1 Å². The van der Waals surface area contributed by atoms with E-state index in [9.17, 15) is 0 Å². The van der Waals surface area contributed by atoms with Crippen molar-refractivity contribution < 1.29 is 4.74 Å². The van der Waals surface area contributed by atoms with Crippen LogP contribution >= 0.6 is 11.6 Å². The largest absolute Gasteiger partial charge is 0.496 e. The molecule has 0 fully saturated rings. The molecule has 1 heterocycles. The van der Waals surface area contributed by atoms with Crippen LogP contribution in [0.4, 0.5) is 0 Å². The van der Waals surface area contributed by atoms with Gasteiger partial charge in [-0.05, 0) is 42.6 Å². The monoisotopic (exact) mass is 250 g/mol. The predicted molar refractivity (Wildman–Crippen MR) is 69.7 cm³/mol. The highest BCUT2D eigenvalue weighted by molar-refractivity contribution is 6.28. The highest BCUT2D eigenvalue weighted by Gasteiger charge is 2.13. The van der Waals surface area contributed by atoms with Crippen LogP contribution in [0.25, 0.3) is 11.3 Å². The number of ether oxygens (including phenoxy) is 1. The van der Waals surface area contributed by atoms with Crippen molar-refractivity contribution in [2.75, 3.05) is 7.11 Å². The Balaban J connectivity index is 2.59. The molecular weight excluding hydrogens is 236 g/mol. The second-order valence-corrected chi connectivity index (χ2v) is 4.25. The first-order valence-electron chi connectivity index (χ1n) is 5.55. The number of H-pyrrole nitrogens is 1.